The molecule has 4 aliphatic rings. The summed E-state index contributed by atoms with van der Waals surface area (Å²) in [5, 5.41) is 16.1. The molecule has 6 rings (SSSR count). The SMILES string of the molecule is CC[C@@H]1C[C@H](C)CC/C=C\[C@@H]2C[C@@]2(C(=O)NS(=O)(=O)C2(C)CC2)NC(=O)[C@@H]2C[C@@H](Oc3cc(Cl)c4ccc(OC)cc4n3)CN2C(=O)[C@H]1NC(=O)O. The zero-order chi connectivity index (χ0) is 37.6. The van der Waals surface area contributed by atoms with Gasteiger partial charge in [-0.15, -0.1) is 0 Å². The first-order chi connectivity index (χ1) is 24.6. The van der Waals surface area contributed by atoms with E-state index in [-0.39, 0.29) is 37.1 Å². The lowest BCUT2D eigenvalue weighted by molar-refractivity contribution is -0.142. The number of hydrogen-bond acceptors (Lipinski definition) is 9. The van der Waals surface area contributed by atoms with Crippen LogP contribution in [0.3, 0.4) is 0 Å². The molecule has 52 heavy (non-hydrogen) atoms. The van der Waals surface area contributed by atoms with Crippen molar-refractivity contribution in [2.24, 2.45) is 17.8 Å². The Bertz CT molecular complexity index is 1900. The number of allylic oxidation sites excluding steroid dienone is 1. The van der Waals surface area contributed by atoms with E-state index in [1.54, 1.807) is 31.2 Å². The van der Waals surface area contributed by atoms with Crippen LogP contribution >= 0.6 is 11.6 Å². The number of benzene rings is 1. The molecule has 282 valence electrons. The molecule has 1 saturated heterocycles. The lowest BCUT2D eigenvalue weighted by Crippen LogP contribution is -2.59. The van der Waals surface area contributed by atoms with Crippen LogP contribution in [0.1, 0.15) is 72.1 Å². The molecular formula is C36H46ClN5O9S. The van der Waals surface area contributed by atoms with Gasteiger partial charge in [0.2, 0.25) is 27.7 Å². The smallest absolute Gasteiger partial charge is 0.405 e. The molecule has 2 aliphatic heterocycles. The number of fused-ring (bicyclic) bond motifs is 3. The van der Waals surface area contributed by atoms with Gasteiger partial charge in [-0.2, -0.15) is 0 Å². The third kappa shape index (κ3) is 7.52. The third-order valence-electron chi connectivity index (χ3n) is 11.1. The van der Waals surface area contributed by atoms with Gasteiger partial charge in [-0.05, 0) is 69.4 Å². The van der Waals surface area contributed by atoms with Crippen LogP contribution in [-0.4, -0.2) is 89.4 Å². The summed E-state index contributed by atoms with van der Waals surface area (Å²) >= 11 is 6.58. The minimum Gasteiger partial charge on any atom is -0.497 e. The summed E-state index contributed by atoms with van der Waals surface area (Å²) in [6.07, 6.45) is 5.08. The van der Waals surface area contributed by atoms with Crippen LogP contribution in [-0.2, 0) is 24.4 Å². The number of pyridine rings is 1. The molecule has 4 N–H and O–H groups in total. The Hall–Kier alpha value is -4.11. The van der Waals surface area contributed by atoms with E-state index in [1.165, 1.54) is 12.0 Å². The summed E-state index contributed by atoms with van der Waals surface area (Å²) in [7, 11) is -2.48. The fraction of sp³-hybridized carbons (Fsp3) is 0.583. The van der Waals surface area contributed by atoms with E-state index >= 15 is 0 Å². The Morgan fingerprint density at radius 2 is 1.94 bits per heavy atom. The van der Waals surface area contributed by atoms with Gasteiger partial charge in [-0.1, -0.05) is 44.0 Å². The molecule has 1 aromatic carbocycles. The minimum atomic E-state index is -4.01. The molecule has 4 amide bonds. The van der Waals surface area contributed by atoms with Crippen molar-refractivity contribution in [1.82, 2.24) is 25.2 Å². The van der Waals surface area contributed by atoms with E-state index in [0.29, 0.717) is 53.8 Å². The van der Waals surface area contributed by atoms with Crippen LogP contribution < -0.4 is 24.8 Å². The number of aromatic nitrogens is 1. The molecule has 14 nitrogen and oxygen atoms in total. The number of ether oxygens (including phenoxy) is 2. The van der Waals surface area contributed by atoms with E-state index in [1.807, 2.05) is 26.0 Å². The number of amides is 4. The number of sulfonamides is 1. The minimum absolute atomic E-state index is 0.0193. The van der Waals surface area contributed by atoms with Crippen molar-refractivity contribution in [2.45, 2.75) is 101 Å². The number of carbonyl (C=O) groups excluding carboxylic acids is 3. The predicted molar refractivity (Wildman–Crippen MR) is 192 cm³/mol. The van der Waals surface area contributed by atoms with Crippen molar-refractivity contribution in [3.05, 3.63) is 41.4 Å². The highest BCUT2D eigenvalue weighted by Gasteiger charge is 2.63. The first kappa shape index (κ1) is 37.6. The van der Waals surface area contributed by atoms with Crippen molar-refractivity contribution < 1.29 is 42.2 Å². The van der Waals surface area contributed by atoms with Gasteiger partial charge in [-0.3, -0.25) is 19.1 Å². The van der Waals surface area contributed by atoms with E-state index in [9.17, 15) is 32.7 Å². The van der Waals surface area contributed by atoms with Crippen molar-refractivity contribution in [3.8, 4) is 11.6 Å². The fourth-order valence-electron chi connectivity index (χ4n) is 7.45. The Balaban J connectivity index is 1.34. The van der Waals surface area contributed by atoms with Crippen LogP contribution in [0.2, 0.25) is 5.02 Å². The van der Waals surface area contributed by atoms with Crippen LogP contribution in [0.4, 0.5) is 4.79 Å². The first-order valence-electron chi connectivity index (χ1n) is 17.8. The second-order valence-corrected chi connectivity index (χ2v) is 17.5. The zero-order valence-electron chi connectivity index (χ0n) is 29.7. The average molecular weight is 760 g/mol. The van der Waals surface area contributed by atoms with E-state index in [4.69, 9.17) is 21.1 Å². The van der Waals surface area contributed by atoms with Crippen LogP contribution in [0.15, 0.2) is 36.4 Å². The zero-order valence-corrected chi connectivity index (χ0v) is 31.3. The predicted octanol–water partition coefficient (Wildman–Crippen LogP) is 4.16. The Kier molecular flexibility index (Phi) is 10.4. The monoisotopic (exact) mass is 759 g/mol. The normalized spacial score (nSPS) is 30.8. The summed E-state index contributed by atoms with van der Waals surface area (Å²) in [5.74, 6) is -2.11. The van der Waals surface area contributed by atoms with Gasteiger partial charge in [0.05, 0.1) is 28.9 Å². The van der Waals surface area contributed by atoms with Crippen molar-refractivity contribution in [2.75, 3.05) is 13.7 Å². The van der Waals surface area contributed by atoms with Crippen molar-refractivity contribution in [1.29, 1.82) is 0 Å². The second kappa shape index (κ2) is 14.4. The largest absolute Gasteiger partial charge is 0.497 e. The van der Waals surface area contributed by atoms with Crippen molar-refractivity contribution in [3.63, 3.8) is 0 Å². The molecule has 0 radical (unpaired) electrons. The maximum absolute atomic E-state index is 14.5. The fourth-order valence-corrected chi connectivity index (χ4v) is 9.01. The topological polar surface area (TPSA) is 193 Å². The Morgan fingerprint density at radius 1 is 1.19 bits per heavy atom. The number of nitrogens with zero attached hydrogens (tertiary/aromatic N) is 2. The van der Waals surface area contributed by atoms with Gasteiger partial charge in [0.1, 0.15) is 29.5 Å². The second-order valence-electron chi connectivity index (χ2n) is 14.9. The molecule has 0 unspecified atom stereocenters. The van der Waals surface area contributed by atoms with Crippen LogP contribution in [0.25, 0.3) is 10.9 Å². The highest BCUT2D eigenvalue weighted by atomic mass is 35.5. The van der Waals surface area contributed by atoms with E-state index in [2.05, 4.69) is 20.3 Å². The number of carbonyl (C=O) groups is 4. The quantitative estimate of drug-likeness (QED) is 0.284. The summed E-state index contributed by atoms with van der Waals surface area (Å²) in [6, 6.07) is 4.43. The van der Waals surface area contributed by atoms with Gasteiger partial charge in [0, 0.05) is 29.9 Å². The Labute approximate surface area is 308 Å². The van der Waals surface area contributed by atoms with Crippen LogP contribution in [0.5, 0.6) is 11.6 Å². The van der Waals surface area contributed by atoms with Gasteiger partial charge in [-0.25, -0.2) is 18.2 Å². The number of carboxylic acid groups (broad SMARTS) is 1. The molecular weight excluding hydrogens is 714 g/mol. The molecule has 3 fully saturated rings. The Morgan fingerprint density at radius 3 is 2.62 bits per heavy atom. The van der Waals surface area contributed by atoms with Crippen molar-refractivity contribution >= 4 is 56.3 Å². The number of nitrogens with one attached hydrogen (secondary N) is 3. The molecule has 3 heterocycles. The standard InChI is InChI=1S/C36H46ClN5O9S/c1-5-21-14-20(2)8-6-7-9-22-18-36(22,33(45)41-52(48,49)35(3)12-13-35)40-31(43)28-16-24(19-42(28)32(44)30(21)39-34(46)47)51-29-17-26(37)25-11-10-23(50-4)15-27(25)38-29/h7,9-11,15,17,20-22,24,28,30,39H,5-6,8,12-14,16,18-19H2,1-4H3,(H,40,43)(H,41,45)(H,46,47)/b9-7-/t20-,21-,22-,24-,28+,30+,36-/m1/s1. The van der Waals surface area contributed by atoms with Gasteiger partial charge in [0.15, 0.2) is 0 Å². The summed E-state index contributed by atoms with van der Waals surface area (Å²) in [4.78, 5) is 60.6. The molecule has 7 atom stereocenters. The summed E-state index contributed by atoms with van der Waals surface area (Å²) in [6.45, 7) is 5.42. The molecule has 0 spiro atoms. The van der Waals surface area contributed by atoms with Gasteiger partial charge in [0.25, 0.3) is 5.91 Å². The van der Waals surface area contributed by atoms with Crippen LogP contribution in [0, 0.1) is 17.8 Å². The number of halogens is 1. The number of hydrogen-bond donors (Lipinski definition) is 4. The molecule has 1 aromatic heterocycles. The highest BCUT2D eigenvalue weighted by molar-refractivity contribution is 7.91. The highest BCUT2D eigenvalue weighted by Crippen LogP contribution is 2.47. The first-order valence-corrected chi connectivity index (χ1v) is 19.6. The molecule has 2 aromatic rings. The van der Waals surface area contributed by atoms with E-state index in [0.717, 1.165) is 6.42 Å². The number of methoxy groups -OCH3 is 1. The maximum atomic E-state index is 14.5. The molecule has 16 heteroatoms. The molecule has 0 bridgehead atoms. The summed E-state index contributed by atoms with van der Waals surface area (Å²) in [5.41, 5.74) is -1.05. The average Bonchev–Trinajstić information content (AvgIpc) is 3.97. The third-order valence-corrected chi connectivity index (χ3v) is 13.6. The lowest BCUT2D eigenvalue weighted by atomic mass is 9.85. The number of rotatable bonds is 8. The van der Waals surface area contributed by atoms with Gasteiger partial charge < -0.3 is 30.1 Å². The van der Waals surface area contributed by atoms with Gasteiger partial charge >= 0.3 is 6.09 Å². The lowest BCUT2D eigenvalue weighted by Gasteiger charge is -2.33. The van der Waals surface area contributed by atoms with E-state index < -0.39 is 68.2 Å². The summed E-state index contributed by atoms with van der Waals surface area (Å²) < 4.78 is 39.0. The molecule has 2 saturated carbocycles. The maximum Gasteiger partial charge on any atom is 0.405 e. The molecule has 2 aliphatic carbocycles.